The Balaban J connectivity index is 1.83. The Kier molecular flexibility index (Phi) is 4.62. The molecule has 1 N–H and O–H groups in total. The standard InChI is InChI=1S/C13H20N2O2/c1-2-16-12-4-3-5-13(15-12)17-10-11-6-8-14-9-7-11/h3-5,11,14H,2,6-10H2,1H3. The van der Waals surface area contributed by atoms with Crippen LogP contribution in [-0.2, 0) is 0 Å². The summed E-state index contributed by atoms with van der Waals surface area (Å²) < 4.78 is 11.1. The molecule has 0 amide bonds. The number of ether oxygens (including phenoxy) is 2. The van der Waals surface area contributed by atoms with Crippen LogP contribution in [0.1, 0.15) is 19.8 Å². The predicted octanol–water partition coefficient (Wildman–Crippen LogP) is 1.86. The molecule has 0 aromatic carbocycles. The highest BCUT2D eigenvalue weighted by Gasteiger charge is 2.13. The Morgan fingerprint density at radius 2 is 1.94 bits per heavy atom. The second-order valence-electron chi connectivity index (χ2n) is 4.25. The zero-order valence-corrected chi connectivity index (χ0v) is 10.3. The van der Waals surface area contributed by atoms with Crippen LogP contribution in [0.5, 0.6) is 11.8 Å². The average Bonchev–Trinajstić information content (AvgIpc) is 2.39. The lowest BCUT2D eigenvalue weighted by Crippen LogP contribution is -2.30. The van der Waals surface area contributed by atoms with Crippen molar-refractivity contribution in [3.8, 4) is 11.8 Å². The van der Waals surface area contributed by atoms with Crippen LogP contribution >= 0.6 is 0 Å². The van der Waals surface area contributed by atoms with Crippen molar-refractivity contribution in [2.24, 2.45) is 5.92 Å². The average molecular weight is 236 g/mol. The minimum absolute atomic E-state index is 0.630. The lowest BCUT2D eigenvalue weighted by molar-refractivity contribution is 0.206. The van der Waals surface area contributed by atoms with Crippen LogP contribution in [0, 0.1) is 5.92 Å². The van der Waals surface area contributed by atoms with E-state index in [-0.39, 0.29) is 0 Å². The summed E-state index contributed by atoms with van der Waals surface area (Å²) in [4.78, 5) is 4.29. The molecule has 0 unspecified atom stereocenters. The van der Waals surface area contributed by atoms with Crippen molar-refractivity contribution in [1.29, 1.82) is 0 Å². The number of aromatic nitrogens is 1. The summed E-state index contributed by atoms with van der Waals surface area (Å²) in [6.07, 6.45) is 2.37. The molecule has 94 valence electrons. The molecule has 1 saturated heterocycles. The number of hydrogen-bond acceptors (Lipinski definition) is 4. The highest BCUT2D eigenvalue weighted by Crippen LogP contribution is 2.17. The number of piperidine rings is 1. The molecule has 4 nitrogen and oxygen atoms in total. The second-order valence-corrected chi connectivity index (χ2v) is 4.25. The SMILES string of the molecule is CCOc1cccc(OCC2CCNCC2)n1. The van der Waals surface area contributed by atoms with E-state index in [1.807, 2.05) is 25.1 Å². The lowest BCUT2D eigenvalue weighted by atomic mass is 9.99. The zero-order valence-electron chi connectivity index (χ0n) is 10.3. The maximum absolute atomic E-state index is 5.71. The van der Waals surface area contributed by atoms with E-state index in [0.717, 1.165) is 19.7 Å². The van der Waals surface area contributed by atoms with Crippen LogP contribution in [0.15, 0.2) is 18.2 Å². The van der Waals surface area contributed by atoms with E-state index in [1.54, 1.807) is 0 Å². The van der Waals surface area contributed by atoms with Crippen molar-refractivity contribution in [3.63, 3.8) is 0 Å². The third kappa shape index (κ3) is 3.89. The third-order valence-electron chi connectivity index (χ3n) is 2.92. The molecule has 0 spiro atoms. The van der Waals surface area contributed by atoms with E-state index in [1.165, 1.54) is 12.8 Å². The highest BCUT2D eigenvalue weighted by molar-refractivity contribution is 5.19. The van der Waals surface area contributed by atoms with E-state index >= 15 is 0 Å². The van der Waals surface area contributed by atoms with Crippen LogP contribution in [0.4, 0.5) is 0 Å². The van der Waals surface area contributed by atoms with Crippen LogP contribution in [0.3, 0.4) is 0 Å². The van der Waals surface area contributed by atoms with Gasteiger partial charge >= 0.3 is 0 Å². The minimum Gasteiger partial charge on any atom is -0.478 e. The van der Waals surface area contributed by atoms with Gasteiger partial charge in [0.2, 0.25) is 11.8 Å². The predicted molar refractivity (Wildman–Crippen MR) is 66.5 cm³/mol. The van der Waals surface area contributed by atoms with Crippen LogP contribution in [0.25, 0.3) is 0 Å². The Bertz CT molecular complexity index is 338. The Morgan fingerprint density at radius 1 is 1.24 bits per heavy atom. The van der Waals surface area contributed by atoms with Gasteiger partial charge in [0.15, 0.2) is 0 Å². The van der Waals surface area contributed by atoms with Gasteiger partial charge in [-0.1, -0.05) is 6.07 Å². The van der Waals surface area contributed by atoms with Gasteiger partial charge in [-0.15, -0.1) is 0 Å². The Hall–Kier alpha value is -1.29. The number of nitrogens with one attached hydrogen (secondary N) is 1. The summed E-state index contributed by atoms with van der Waals surface area (Å²) in [5, 5.41) is 3.35. The zero-order chi connectivity index (χ0) is 11.9. The van der Waals surface area contributed by atoms with Gasteiger partial charge in [-0.25, -0.2) is 0 Å². The Labute approximate surface area is 102 Å². The molecule has 1 aromatic heterocycles. The van der Waals surface area contributed by atoms with Gasteiger partial charge in [0.05, 0.1) is 13.2 Å². The fraction of sp³-hybridized carbons (Fsp3) is 0.615. The summed E-state index contributed by atoms with van der Waals surface area (Å²) >= 11 is 0. The molecular formula is C13H20N2O2. The molecule has 4 heteroatoms. The largest absolute Gasteiger partial charge is 0.478 e. The summed E-state index contributed by atoms with van der Waals surface area (Å²) in [6.45, 7) is 5.53. The summed E-state index contributed by atoms with van der Waals surface area (Å²) in [7, 11) is 0. The normalized spacial score (nSPS) is 16.8. The topological polar surface area (TPSA) is 43.4 Å². The fourth-order valence-corrected chi connectivity index (χ4v) is 1.96. The first kappa shape index (κ1) is 12.2. The van der Waals surface area contributed by atoms with Crippen LogP contribution in [-0.4, -0.2) is 31.3 Å². The monoisotopic (exact) mass is 236 g/mol. The summed E-state index contributed by atoms with van der Waals surface area (Å²) in [5.74, 6) is 1.94. The molecule has 1 fully saturated rings. The number of pyridine rings is 1. The smallest absolute Gasteiger partial charge is 0.216 e. The molecule has 0 bridgehead atoms. The molecule has 2 heterocycles. The molecule has 0 aliphatic carbocycles. The quantitative estimate of drug-likeness (QED) is 0.847. The Morgan fingerprint density at radius 3 is 2.65 bits per heavy atom. The van der Waals surface area contributed by atoms with E-state index in [4.69, 9.17) is 9.47 Å². The van der Waals surface area contributed by atoms with E-state index in [9.17, 15) is 0 Å². The summed E-state index contributed by atoms with van der Waals surface area (Å²) in [6, 6.07) is 5.64. The van der Waals surface area contributed by atoms with E-state index in [2.05, 4.69) is 10.3 Å². The van der Waals surface area contributed by atoms with E-state index < -0.39 is 0 Å². The number of nitrogens with zero attached hydrogens (tertiary/aromatic N) is 1. The molecule has 17 heavy (non-hydrogen) atoms. The van der Waals surface area contributed by atoms with Gasteiger partial charge in [-0.05, 0) is 38.8 Å². The van der Waals surface area contributed by atoms with Crippen molar-refractivity contribution in [2.45, 2.75) is 19.8 Å². The van der Waals surface area contributed by atoms with Gasteiger partial charge in [-0.3, -0.25) is 0 Å². The maximum Gasteiger partial charge on any atom is 0.216 e. The first-order chi connectivity index (χ1) is 8.38. The highest BCUT2D eigenvalue weighted by atomic mass is 16.5. The van der Waals surface area contributed by atoms with Crippen molar-refractivity contribution in [3.05, 3.63) is 18.2 Å². The van der Waals surface area contributed by atoms with Gasteiger partial charge in [-0.2, -0.15) is 4.98 Å². The number of rotatable bonds is 5. The lowest BCUT2D eigenvalue weighted by Gasteiger charge is -2.22. The van der Waals surface area contributed by atoms with Gasteiger partial charge in [0, 0.05) is 12.1 Å². The molecule has 1 aliphatic heterocycles. The molecule has 0 atom stereocenters. The van der Waals surface area contributed by atoms with Crippen molar-refractivity contribution < 1.29 is 9.47 Å². The second kappa shape index (κ2) is 6.45. The first-order valence-electron chi connectivity index (χ1n) is 6.32. The fourth-order valence-electron chi connectivity index (χ4n) is 1.96. The first-order valence-corrected chi connectivity index (χ1v) is 6.32. The third-order valence-corrected chi connectivity index (χ3v) is 2.92. The number of hydrogen-bond donors (Lipinski definition) is 1. The summed E-state index contributed by atoms with van der Waals surface area (Å²) in [5.41, 5.74) is 0. The van der Waals surface area contributed by atoms with Crippen molar-refractivity contribution in [1.82, 2.24) is 10.3 Å². The molecule has 1 aliphatic rings. The molecule has 0 radical (unpaired) electrons. The molecule has 2 rings (SSSR count). The molecular weight excluding hydrogens is 216 g/mol. The van der Waals surface area contributed by atoms with Crippen LogP contribution in [0.2, 0.25) is 0 Å². The van der Waals surface area contributed by atoms with E-state index in [0.29, 0.717) is 24.3 Å². The van der Waals surface area contributed by atoms with Crippen molar-refractivity contribution in [2.75, 3.05) is 26.3 Å². The minimum atomic E-state index is 0.630. The molecule has 0 saturated carbocycles. The van der Waals surface area contributed by atoms with Crippen molar-refractivity contribution >= 4 is 0 Å². The molecule has 1 aromatic rings. The van der Waals surface area contributed by atoms with Gasteiger partial charge in [0.25, 0.3) is 0 Å². The van der Waals surface area contributed by atoms with Gasteiger partial charge < -0.3 is 14.8 Å². The van der Waals surface area contributed by atoms with Crippen LogP contribution < -0.4 is 14.8 Å². The maximum atomic E-state index is 5.71. The van der Waals surface area contributed by atoms with Gasteiger partial charge in [0.1, 0.15) is 0 Å².